The molecule has 0 saturated heterocycles. The highest BCUT2D eigenvalue weighted by atomic mass is 16.5. The molecule has 102 valence electrons. The van der Waals surface area contributed by atoms with Crippen LogP contribution in [0, 0.1) is 0 Å². The minimum Gasteiger partial charge on any atom is -0.478 e. The molecule has 0 aliphatic heterocycles. The van der Waals surface area contributed by atoms with E-state index in [4.69, 9.17) is 4.74 Å². The molecule has 1 N–H and O–H groups in total. The van der Waals surface area contributed by atoms with Crippen LogP contribution in [-0.4, -0.2) is 16.7 Å². The first-order chi connectivity index (χ1) is 8.67. The standard InChI is InChI=1S/C15H25NO2/c1-4-5-6-7-8-18-15-10-13(11-17)9-14(16-15)12(2)3/h9-10,12,17H,4-8,11H2,1-3H3. The zero-order valence-corrected chi connectivity index (χ0v) is 11.8. The molecule has 3 nitrogen and oxygen atoms in total. The van der Waals surface area contributed by atoms with Crippen LogP contribution in [0.1, 0.15) is 63.6 Å². The van der Waals surface area contributed by atoms with Crippen molar-refractivity contribution in [1.29, 1.82) is 0 Å². The molecule has 0 bridgehead atoms. The van der Waals surface area contributed by atoms with Gasteiger partial charge in [-0.05, 0) is 24.0 Å². The average molecular weight is 251 g/mol. The van der Waals surface area contributed by atoms with Crippen molar-refractivity contribution in [2.45, 2.75) is 59.0 Å². The highest BCUT2D eigenvalue weighted by Gasteiger charge is 2.06. The molecule has 1 heterocycles. The molecule has 1 rings (SSSR count). The van der Waals surface area contributed by atoms with Gasteiger partial charge in [0, 0.05) is 11.8 Å². The molecule has 0 aliphatic rings. The quantitative estimate of drug-likeness (QED) is 0.717. The molecule has 0 unspecified atom stereocenters. The summed E-state index contributed by atoms with van der Waals surface area (Å²) in [6.45, 7) is 7.12. The lowest BCUT2D eigenvalue weighted by Gasteiger charge is -2.11. The number of ether oxygens (including phenoxy) is 1. The summed E-state index contributed by atoms with van der Waals surface area (Å²) in [5.74, 6) is 0.987. The number of rotatable bonds is 8. The summed E-state index contributed by atoms with van der Waals surface area (Å²) in [4.78, 5) is 4.47. The van der Waals surface area contributed by atoms with Crippen molar-refractivity contribution >= 4 is 0 Å². The average Bonchev–Trinajstić information content (AvgIpc) is 2.38. The van der Waals surface area contributed by atoms with E-state index < -0.39 is 0 Å². The van der Waals surface area contributed by atoms with Gasteiger partial charge in [0.25, 0.3) is 0 Å². The first kappa shape index (κ1) is 15.0. The van der Waals surface area contributed by atoms with Crippen LogP contribution in [0.25, 0.3) is 0 Å². The molecule has 1 aromatic rings. The maximum Gasteiger partial charge on any atom is 0.213 e. The SMILES string of the molecule is CCCCCCOc1cc(CO)cc(C(C)C)n1. The highest BCUT2D eigenvalue weighted by molar-refractivity contribution is 5.26. The van der Waals surface area contributed by atoms with E-state index in [1.807, 2.05) is 12.1 Å². The fourth-order valence-corrected chi connectivity index (χ4v) is 1.75. The molecule has 0 amide bonds. The van der Waals surface area contributed by atoms with Crippen LogP contribution in [0.5, 0.6) is 5.88 Å². The third-order valence-electron chi connectivity index (χ3n) is 2.90. The maximum absolute atomic E-state index is 9.23. The van der Waals surface area contributed by atoms with Crippen molar-refractivity contribution in [3.63, 3.8) is 0 Å². The highest BCUT2D eigenvalue weighted by Crippen LogP contribution is 2.19. The molecule has 18 heavy (non-hydrogen) atoms. The van der Waals surface area contributed by atoms with Gasteiger partial charge in [0.2, 0.25) is 5.88 Å². The minimum absolute atomic E-state index is 0.0361. The number of hydrogen-bond donors (Lipinski definition) is 1. The van der Waals surface area contributed by atoms with Gasteiger partial charge in [-0.1, -0.05) is 40.0 Å². The number of aliphatic hydroxyl groups excluding tert-OH is 1. The fraction of sp³-hybridized carbons (Fsp3) is 0.667. The predicted molar refractivity (Wildman–Crippen MR) is 73.9 cm³/mol. The third kappa shape index (κ3) is 5.05. The molecule has 0 aromatic carbocycles. The van der Waals surface area contributed by atoms with E-state index >= 15 is 0 Å². The van der Waals surface area contributed by atoms with Crippen molar-refractivity contribution < 1.29 is 9.84 Å². The molecule has 0 atom stereocenters. The van der Waals surface area contributed by atoms with Crippen LogP contribution < -0.4 is 4.74 Å². The molecule has 3 heteroatoms. The zero-order valence-electron chi connectivity index (χ0n) is 11.8. The number of nitrogens with zero attached hydrogens (tertiary/aromatic N) is 1. The van der Waals surface area contributed by atoms with E-state index in [0.717, 1.165) is 17.7 Å². The van der Waals surface area contributed by atoms with Crippen molar-refractivity contribution in [2.24, 2.45) is 0 Å². The Labute approximate surface area is 110 Å². The van der Waals surface area contributed by atoms with Gasteiger partial charge in [-0.15, -0.1) is 0 Å². The molecular weight excluding hydrogens is 226 g/mol. The van der Waals surface area contributed by atoms with Crippen molar-refractivity contribution in [1.82, 2.24) is 4.98 Å². The number of hydrogen-bond acceptors (Lipinski definition) is 3. The Balaban J connectivity index is 2.56. The largest absolute Gasteiger partial charge is 0.478 e. The number of aromatic nitrogens is 1. The monoisotopic (exact) mass is 251 g/mol. The van der Waals surface area contributed by atoms with Gasteiger partial charge in [-0.2, -0.15) is 0 Å². The van der Waals surface area contributed by atoms with E-state index in [1.54, 1.807) is 0 Å². The number of pyridine rings is 1. The normalized spacial score (nSPS) is 10.9. The Morgan fingerprint density at radius 1 is 1.22 bits per heavy atom. The summed E-state index contributed by atoms with van der Waals surface area (Å²) >= 11 is 0. The summed E-state index contributed by atoms with van der Waals surface area (Å²) in [6, 6.07) is 3.76. The van der Waals surface area contributed by atoms with E-state index in [0.29, 0.717) is 18.4 Å². The van der Waals surface area contributed by atoms with Gasteiger partial charge in [-0.3, -0.25) is 0 Å². The van der Waals surface area contributed by atoms with Crippen LogP contribution in [0.2, 0.25) is 0 Å². The summed E-state index contributed by atoms with van der Waals surface area (Å²) in [5.41, 5.74) is 1.85. The summed E-state index contributed by atoms with van der Waals surface area (Å²) in [5, 5.41) is 9.23. The van der Waals surface area contributed by atoms with Crippen LogP contribution in [0.3, 0.4) is 0 Å². The third-order valence-corrected chi connectivity index (χ3v) is 2.90. The Kier molecular flexibility index (Phi) is 6.73. The van der Waals surface area contributed by atoms with Gasteiger partial charge in [0.1, 0.15) is 0 Å². The predicted octanol–water partition coefficient (Wildman–Crippen LogP) is 3.66. The van der Waals surface area contributed by atoms with Crippen LogP contribution in [-0.2, 0) is 6.61 Å². The first-order valence-electron chi connectivity index (χ1n) is 6.91. The lowest BCUT2D eigenvalue weighted by atomic mass is 10.1. The van der Waals surface area contributed by atoms with Crippen LogP contribution in [0.15, 0.2) is 12.1 Å². The Morgan fingerprint density at radius 2 is 2.00 bits per heavy atom. The minimum atomic E-state index is 0.0361. The van der Waals surface area contributed by atoms with Crippen molar-refractivity contribution in [3.05, 3.63) is 23.4 Å². The van der Waals surface area contributed by atoms with Gasteiger partial charge in [0.15, 0.2) is 0 Å². The Hall–Kier alpha value is -1.09. The second-order valence-electron chi connectivity index (χ2n) is 4.96. The Bertz CT molecular complexity index is 350. The van der Waals surface area contributed by atoms with Gasteiger partial charge < -0.3 is 9.84 Å². The molecule has 1 aromatic heterocycles. The summed E-state index contributed by atoms with van der Waals surface area (Å²) < 4.78 is 5.66. The summed E-state index contributed by atoms with van der Waals surface area (Å²) in [7, 11) is 0. The summed E-state index contributed by atoms with van der Waals surface area (Å²) in [6.07, 6.45) is 4.75. The molecule has 0 spiro atoms. The topological polar surface area (TPSA) is 42.4 Å². The van der Waals surface area contributed by atoms with Crippen molar-refractivity contribution in [3.8, 4) is 5.88 Å². The zero-order chi connectivity index (χ0) is 13.4. The molecule has 0 saturated carbocycles. The second-order valence-corrected chi connectivity index (χ2v) is 4.96. The van der Waals surface area contributed by atoms with Gasteiger partial charge in [-0.25, -0.2) is 4.98 Å². The lowest BCUT2D eigenvalue weighted by molar-refractivity contribution is 0.274. The van der Waals surface area contributed by atoms with Crippen LogP contribution >= 0.6 is 0 Å². The number of unbranched alkanes of at least 4 members (excludes halogenated alkanes) is 3. The smallest absolute Gasteiger partial charge is 0.213 e. The van der Waals surface area contributed by atoms with E-state index in [-0.39, 0.29) is 6.61 Å². The second kappa shape index (κ2) is 8.09. The Morgan fingerprint density at radius 3 is 2.61 bits per heavy atom. The van der Waals surface area contributed by atoms with Gasteiger partial charge in [0.05, 0.1) is 13.2 Å². The maximum atomic E-state index is 9.23. The fourth-order valence-electron chi connectivity index (χ4n) is 1.75. The lowest BCUT2D eigenvalue weighted by Crippen LogP contribution is -2.03. The van der Waals surface area contributed by atoms with Crippen LogP contribution in [0.4, 0.5) is 0 Å². The van der Waals surface area contributed by atoms with Crippen molar-refractivity contribution in [2.75, 3.05) is 6.61 Å². The molecule has 0 radical (unpaired) electrons. The van der Waals surface area contributed by atoms with Gasteiger partial charge >= 0.3 is 0 Å². The molecule has 0 fully saturated rings. The molecular formula is C15H25NO2. The number of aliphatic hydroxyl groups is 1. The van der Waals surface area contributed by atoms with E-state index in [2.05, 4.69) is 25.8 Å². The van der Waals surface area contributed by atoms with E-state index in [1.165, 1.54) is 19.3 Å². The van der Waals surface area contributed by atoms with E-state index in [9.17, 15) is 5.11 Å². The first-order valence-corrected chi connectivity index (χ1v) is 6.91. The molecule has 0 aliphatic carbocycles.